The summed E-state index contributed by atoms with van der Waals surface area (Å²) in [7, 11) is 0. The summed E-state index contributed by atoms with van der Waals surface area (Å²) in [6, 6.07) is 42.1. The Morgan fingerprint density at radius 3 is 1.79 bits per heavy atom. The second-order valence-electron chi connectivity index (χ2n) is 10.6. The van der Waals surface area contributed by atoms with Crippen molar-refractivity contribution in [1.82, 2.24) is 14.5 Å². The van der Waals surface area contributed by atoms with Crippen LogP contribution in [0.1, 0.15) is 35.0 Å². The van der Waals surface area contributed by atoms with Crippen molar-refractivity contribution >= 4 is 0 Å². The van der Waals surface area contributed by atoms with E-state index < -0.39 is 5.60 Å². The van der Waals surface area contributed by atoms with Gasteiger partial charge in [0.15, 0.2) is 0 Å². The van der Waals surface area contributed by atoms with E-state index in [1.165, 1.54) is 12.1 Å². The summed E-state index contributed by atoms with van der Waals surface area (Å²) in [5.74, 6) is 0.751. The molecule has 0 aliphatic carbocycles. The van der Waals surface area contributed by atoms with E-state index in [1.54, 1.807) is 24.5 Å². The number of nitrogens with zero attached hydrogens (tertiary/aromatic N) is 3. The molecule has 0 N–H and O–H groups in total. The van der Waals surface area contributed by atoms with Crippen molar-refractivity contribution in [2.75, 3.05) is 6.61 Å². The molecular weight excluding hydrogens is 521 g/mol. The van der Waals surface area contributed by atoms with Gasteiger partial charge < -0.3 is 9.30 Å². The summed E-state index contributed by atoms with van der Waals surface area (Å²) >= 11 is 0. The van der Waals surface area contributed by atoms with E-state index >= 15 is 0 Å². The zero-order valence-electron chi connectivity index (χ0n) is 23.1. The third-order valence-corrected chi connectivity index (χ3v) is 8.16. The van der Waals surface area contributed by atoms with Gasteiger partial charge in [-0.1, -0.05) is 91.0 Å². The first kappa shape index (κ1) is 26.1. The van der Waals surface area contributed by atoms with Crippen molar-refractivity contribution in [1.29, 1.82) is 0 Å². The molecule has 1 atom stereocenters. The van der Waals surface area contributed by atoms with Gasteiger partial charge in [0.25, 0.3) is 0 Å². The summed E-state index contributed by atoms with van der Waals surface area (Å²) < 4.78 is 23.4. The summed E-state index contributed by atoms with van der Waals surface area (Å²) in [6.45, 7) is 0.475. The van der Waals surface area contributed by atoms with E-state index in [2.05, 4.69) is 82.3 Å². The molecule has 4 aromatic carbocycles. The summed E-state index contributed by atoms with van der Waals surface area (Å²) in [5.41, 5.74) is 6.19. The molecule has 3 heterocycles. The summed E-state index contributed by atoms with van der Waals surface area (Å²) in [6.07, 6.45) is 5.35. The Balaban J connectivity index is 1.34. The molecule has 2 aromatic heterocycles. The normalized spacial score (nSPS) is 14.5. The maximum Gasteiger partial charge on any atom is 0.143 e. The van der Waals surface area contributed by atoms with Crippen molar-refractivity contribution in [3.05, 3.63) is 168 Å². The molecule has 0 fully saturated rings. The van der Waals surface area contributed by atoms with E-state index in [1.807, 2.05) is 30.3 Å². The van der Waals surface area contributed by atoms with Crippen LogP contribution in [0.2, 0.25) is 0 Å². The molecule has 0 saturated heterocycles. The highest BCUT2D eigenvalue weighted by Crippen LogP contribution is 2.44. The van der Waals surface area contributed by atoms with Crippen LogP contribution in [-0.2, 0) is 16.8 Å². The Hall–Kier alpha value is -4.87. The minimum atomic E-state index is -0.802. The van der Waals surface area contributed by atoms with E-state index in [0.29, 0.717) is 6.61 Å². The molecule has 4 nitrogen and oxygen atoms in total. The number of benzene rings is 4. The Morgan fingerprint density at radius 1 is 0.690 bits per heavy atom. The molecule has 206 valence electrons. The van der Waals surface area contributed by atoms with Gasteiger partial charge in [0.2, 0.25) is 0 Å². The number of pyridine rings is 1. The largest absolute Gasteiger partial charge is 0.359 e. The number of aromatic nitrogens is 3. The fourth-order valence-corrected chi connectivity index (χ4v) is 6.22. The molecule has 1 aliphatic heterocycles. The second kappa shape index (κ2) is 11.2. The summed E-state index contributed by atoms with van der Waals surface area (Å²) in [5, 5.41) is 0. The van der Waals surface area contributed by atoms with Crippen molar-refractivity contribution in [2.45, 2.75) is 24.5 Å². The molecule has 1 unspecified atom stereocenters. The van der Waals surface area contributed by atoms with Gasteiger partial charge in [-0.05, 0) is 59.5 Å². The van der Waals surface area contributed by atoms with Crippen LogP contribution in [0.4, 0.5) is 4.39 Å². The van der Waals surface area contributed by atoms with Crippen LogP contribution in [0.5, 0.6) is 0 Å². The van der Waals surface area contributed by atoms with Crippen LogP contribution in [-0.4, -0.2) is 21.1 Å². The first-order valence-corrected chi connectivity index (χ1v) is 14.3. The van der Waals surface area contributed by atoms with Crippen molar-refractivity contribution in [3.8, 4) is 22.5 Å². The molecule has 42 heavy (non-hydrogen) atoms. The van der Waals surface area contributed by atoms with Gasteiger partial charge in [0.05, 0.1) is 24.0 Å². The maximum absolute atomic E-state index is 13.8. The van der Waals surface area contributed by atoms with Gasteiger partial charge in [-0.15, -0.1) is 0 Å². The molecule has 0 spiro atoms. The van der Waals surface area contributed by atoms with Crippen LogP contribution in [0.25, 0.3) is 22.5 Å². The van der Waals surface area contributed by atoms with Crippen LogP contribution in [0, 0.1) is 5.82 Å². The fraction of sp³-hybridized carbons (Fsp3) is 0.135. The molecule has 1 aliphatic rings. The molecule has 0 amide bonds. The zero-order chi connectivity index (χ0) is 28.4. The number of aryl methyl sites for hydroxylation is 1. The van der Waals surface area contributed by atoms with Crippen molar-refractivity contribution < 1.29 is 9.13 Å². The molecule has 6 aromatic rings. The lowest BCUT2D eigenvalue weighted by Gasteiger charge is -2.37. The number of rotatable bonds is 8. The van der Waals surface area contributed by atoms with Gasteiger partial charge in [0, 0.05) is 29.9 Å². The predicted molar refractivity (Wildman–Crippen MR) is 163 cm³/mol. The Kier molecular flexibility index (Phi) is 6.94. The third kappa shape index (κ3) is 4.62. The Morgan fingerprint density at radius 2 is 1.24 bits per heavy atom. The highest BCUT2D eigenvalue weighted by Gasteiger charge is 2.39. The molecular formula is C37H30FN3O. The van der Waals surface area contributed by atoms with Crippen LogP contribution < -0.4 is 0 Å². The quantitative estimate of drug-likeness (QED) is 0.179. The Bertz CT molecular complexity index is 1670. The monoisotopic (exact) mass is 551 g/mol. The fourth-order valence-electron chi connectivity index (χ4n) is 6.22. The minimum Gasteiger partial charge on any atom is -0.359 e. The van der Waals surface area contributed by atoms with Crippen molar-refractivity contribution in [2.24, 2.45) is 0 Å². The second-order valence-corrected chi connectivity index (χ2v) is 10.6. The predicted octanol–water partition coefficient (Wildman–Crippen LogP) is 8.25. The highest BCUT2D eigenvalue weighted by molar-refractivity contribution is 5.79. The summed E-state index contributed by atoms with van der Waals surface area (Å²) in [4.78, 5) is 9.35. The van der Waals surface area contributed by atoms with Gasteiger partial charge in [0.1, 0.15) is 17.2 Å². The average molecular weight is 552 g/mol. The number of ether oxygens (including phenoxy) is 1. The lowest BCUT2D eigenvalue weighted by atomic mass is 9.80. The van der Waals surface area contributed by atoms with Gasteiger partial charge in [-0.25, -0.2) is 9.37 Å². The van der Waals surface area contributed by atoms with Crippen LogP contribution in [0.15, 0.2) is 140 Å². The first-order chi connectivity index (χ1) is 20.7. The number of fused-ring (bicyclic) bond motifs is 1. The van der Waals surface area contributed by atoms with Gasteiger partial charge in [-0.3, -0.25) is 4.98 Å². The van der Waals surface area contributed by atoms with Gasteiger partial charge >= 0.3 is 0 Å². The Labute approximate surface area is 245 Å². The SMILES string of the molecule is Fc1ccc(-c2nc3n(c2-c2ccncc2)C(COC(c2ccccc2)(c2ccccc2)c2ccccc2)CC3)cc1. The highest BCUT2D eigenvalue weighted by atomic mass is 19.1. The van der Waals surface area contributed by atoms with E-state index in [-0.39, 0.29) is 11.9 Å². The maximum atomic E-state index is 13.8. The first-order valence-electron chi connectivity index (χ1n) is 14.3. The molecule has 5 heteroatoms. The van der Waals surface area contributed by atoms with Crippen LogP contribution >= 0.6 is 0 Å². The number of hydrogen-bond acceptors (Lipinski definition) is 3. The average Bonchev–Trinajstić information content (AvgIpc) is 3.63. The van der Waals surface area contributed by atoms with E-state index in [0.717, 1.165) is 57.9 Å². The lowest BCUT2D eigenvalue weighted by Crippen LogP contribution is -2.34. The molecule has 0 saturated carbocycles. The lowest BCUT2D eigenvalue weighted by molar-refractivity contribution is -0.00424. The zero-order valence-corrected chi connectivity index (χ0v) is 23.1. The molecule has 0 radical (unpaired) electrons. The molecule has 0 bridgehead atoms. The topological polar surface area (TPSA) is 39.9 Å². The number of hydrogen-bond donors (Lipinski definition) is 0. The van der Waals surface area contributed by atoms with E-state index in [4.69, 9.17) is 9.72 Å². The molecule has 7 rings (SSSR count). The van der Waals surface area contributed by atoms with Crippen LogP contribution in [0.3, 0.4) is 0 Å². The third-order valence-electron chi connectivity index (χ3n) is 8.16. The van der Waals surface area contributed by atoms with Gasteiger partial charge in [-0.2, -0.15) is 0 Å². The standard InChI is InChI=1S/C37H30FN3O/c38-32-18-16-27(17-19-32)35-36(28-22-24-39-25-23-28)41-33(20-21-34(41)40-35)26-42-37(29-10-4-1-5-11-29,30-12-6-2-7-13-30)31-14-8-3-9-15-31/h1-19,22-25,33H,20-21,26H2. The minimum absolute atomic E-state index is 0.0559. The number of halogens is 1. The number of imidazole rings is 1. The smallest absolute Gasteiger partial charge is 0.143 e. The van der Waals surface area contributed by atoms with E-state index in [9.17, 15) is 4.39 Å². The van der Waals surface area contributed by atoms with Crippen molar-refractivity contribution in [3.63, 3.8) is 0 Å².